The second-order valence-electron chi connectivity index (χ2n) is 16.2. The van der Waals surface area contributed by atoms with Gasteiger partial charge in [0, 0.05) is 43.2 Å². The van der Waals surface area contributed by atoms with Gasteiger partial charge < -0.3 is 45.9 Å². The molecule has 1 aromatic carbocycles. The molecule has 4 aliphatic carbocycles. The lowest BCUT2D eigenvalue weighted by atomic mass is 9.57. The average molecular weight is 770 g/mol. The molecule has 17 nitrogen and oxygen atoms in total. The standard InChI is InChI=1S/C38H51N5O12/c1-37(2,3)43(36(52)55-17-54-25(45)12-18-10-8-9-11-18)16-24(44)40-22-15-23(41(4)5)20-13-19-14-21-29(42(6)7)32(48)28(35(39)51)34(50)38(21,53)33(49)26(19)31(47)27(20)30(22)46/h15,18-19,21,29,46-47,50,53H,8-14,16-17H2,1-7H3,(H2,39,51)(H,40,44)/t19-,21-,29-,38-/m0/s1. The summed E-state index contributed by atoms with van der Waals surface area (Å²) in [4.78, 5) is 83.0. The normalized spacial score (nSPS) is 23.9. The predicted octanol–water partition coefficient (Wildman–Crippen LogP) is 2.29. The minimum Gasteiger partial charge on any atom is -0.508 e. The van der Waals surface area contributed by atoms with Crippen molar-refractivity contribution >= 4 is 52.6 Å². The molecule has 2 saturated carbocycles. The highest BCUT2D eigenvalue weighted by molar-refractivity contribution is 6.24. The summed E-state index contributed by atoms with van der Waals surface area (Å²) < 4.78 is 10.3. The third kappa shape index (κ3) is 7.46. The zero-order chi connectivity index (χ0) is 40.9. The first kappa shape index (κ1) is 41.0. The van der Waals surface area contributed by atoms with Crippen LogP contribution in [0.1, 0.15) is 70.4 Å². The van der Waals surface area contributed by atoms with E-state index in [0.717, 1.165) is 30.6 Å². The molecule has 2 fully saturated rings. The number of nitrogens with zero attached hydrogens (tertiary/aromatic N) is 3. The summed E-state index contributed by atoms with van der Waals surface area (Å²) in [7, 11) is 6.41. The molecule has 4 atom stereocenters. The van der Waals surface area contributed by atoms with Gasteiger partial charge in [0.25, 0.3) is 5.91 Å². The first-order valence-electron chi connectivity index (χ1n) is 18.2. The number of hydrogen-bond donors (Lipinski definition) is 6. The van der Waals surface area contributed by atoms with Gasteiger partial charge in [0.2, 0.25) is 18.5 Å². The molecule has 0 heterocycles. The number of ether oxygens (including phenoxy) is 2. The molecular weight excluding hydrogens is 718 g/mol. The van der Waals surface area contributed by atoms with E-state index in [-0.39, 0.29) is 42.0 Å². The molecule has 55 heavy (non-hydrogen) atoms. The Kier molecular flexibility index (Phi) is 11.3. The van der Waals surface area contributed by atoms with Gasteiger partial charge in [0.1, 0.15) is 29.4 Å². The molecular formula is C38H51N5O12. The smallest absolute Gasteiger partial charge is 0.413 e. The van der Waals surface area contributed by atoms with Crippen LogP contribution in [0.25, 0.3) is 5.76 Å². The van der Waals surface area contributed by atoms with Crippen LogP contribution in [0.3, 0.4) is 0 Å². The van der Waals surface area contributed by atoms with Crippen LogP contribution >= 0.6 is 0 Å². The SMILES string of the molecule is CN(C)c1cc(NC(=O)CN(C(=O)OCOC(=O)CC2CCCC2)C(C)(C)C)c(O)c2c1C[C@H]1C[C@H]3[C@H](N(C)C)C(=O)C(C(N)=O)=C(O)[C@@]3(O)C(=O)C1=C2O. The van der Waals surface area contributed by atoms with Crippen LogP contribution < -0.4 is 16.0 Å². The number of rotatable bonds is 10. The minimum atomic E-state index is -2.81. The fourth-order valence-corrected chi connectivity index (χ4v) is 8.43. The first-order valence-corrected chi connectivity index (χ1v) is 18.2. The number of carbonyl (C=O) groups excluding carboxylic acids is 6. The summed E-state index contributed by atoms with van der Waals surface area (Å²) in [5, 5.41) is 49.0. The van der Waals surface area contributed by atoms with Crippen LogP contribution in [0, 0.1) is 17.8 Å². The van der Waals surface area contributed by atoms with Crippen LogP contribution in [0.5, 0.6) is 5.75 Å². The van der Waals surface area contributed by atoms with Gasteiger partial charge in [0.15, 0.2) is 11.4 Å². The summed E-state index contributed by atoms with van der Waals surface area (Å²) in [5.41, 5.74) is 0.821. The zero-order valence-corrected chi connectivity index (χ0v) is 32.2. The maximum atomic E-state index is 14.3. The summed E-state index contributed by atoms with van der Waals surface area (Å²) >= 11 is 0. The molecule has 0 unspecified atom stereocenters. The van der Waals surface area contributed by atoms with Crippen molar-refractivity contribution in [2.45, 2.75) is 82.9 Å². The molecule has 300 valence electrons. The van der Waals surface area contributed by atoms with Crippen molar-refractivity contribution in [1.82, 2.24) is 9.80 Å². The Balaban J connectivity index is 1.44. The fraction of sp³-hybridized carbons (Fsp3) is 0.579. The number of fused-ring (bicyclic) bond motifs is 3. The number of phenols is 1. The quantitative estimate of drug-likeness (QED) is 0.0865. The van der Waals surface area contributed by atoms with Gasteiger partial charge in [-0.1, -0.05) is 12.8 Å². The summed E-state index contributed by atoms with van der Waals surface area (Å²) in [6.07, 6.45) is 3.26. The molecule has 4 aliphatic rings. The van der Waals surface area contributed by atoms with Gasteiger partial charge in [-0.15, -0.1) is 0 Å². The molecule has 1 aromatic rings. The van der Waals surface area contributed by atoms with Crippen molar-refractivity contribution < 1.29 is 58.7 Å². The van der Waals surface area contributed by atoms with E-state index < -0.39 is 101 Å². The number of Topliss-reactive ketones (excluding diaryl/α,β-unsaturated/α-hetero) is 2. The lowest BCUT2D eigenvalue weighted by Gasteiger charge is -2.50. The number of carbonyl (C=O) groups is 6. The van der Waals surface area contributed by atoms with Crippen LogP contribution in [-0.4, -0.2) is 124 Å². The monoisotopic (exact) mass is 769 g/mol. The number of ketones is 2. The third-order valence-electron chi connectivity index (χ3n) is 11.1. The van der Waals surface area contributed by atoms with E-state index in [1.165, 1.54) is 25.1 Å². The minimum absolute atomic E-state index is 0.0404. The van der Waals surface area contributed by atoms with E-state index in [2.05, 4.69) is 5.32 Å². The van der Waals surface area contributed by atoms with Crippen molar-refractivity contribution in [2.24, 2.45) is 23.5 Å². The van der Waals surface area contributed by atoms with Crippen LogP contribution in [0.4, 0.5) is 16.2 Å². The number of primary amides is 1. The second kappa shape index (κ2) is 15.2. The maximum absolute atomic E-state index is 14.3. The van der Waals surface area contributed by atoms with E-state index in [4.69, 9.17) is 15.2 Å². The van der Waals surface area contributed by atoms with Crippen LogP contribution in [0.2, 0.25) is 0 Å². The van der Waals surface area contributed by atoms with Crippen molar-refractivity contribution in [3.05, 3.63) is 34.1 Å². The number of hydrogen-bond acceptors (Lipinski definition) is 14. The third-order valence-corrected chi connectivity index (χ3v) is 11.1. The van der Waals surface area contributed by atoms with E-state index in [9.17, 15) is 49.2 Å². The molecule has 3 amide bonds. The molecule has 7 N–H and O–H groups in total. The topological polar surface area (TPSA) is 250 Å². The zero-order valence-electron chi connectivity index (χ0n) is 32.2. The van der Waals surface area contributed by atoms with E-state index in [0.29, 0.717) is 11.3 Å². The first-order chi connectivity index (χ1) is 25.6. The van der Waals surface area contributed by atoms with E-state index in [1.54, 1.807) is 39.8 Å². The molecule has 0 radical (unpaired) electrons. The molecule has 0 aromatic heterocycles. The summed E-state index contributed by atoms with van der Waals surface area (Å²) in [5.74, 6) is -8.95. The number of amides is 3. The Morgan fingerprint density at radius 2 is 1.65 bits per heavy atom. The number of benzene rings is 1. The van der Waals surface area contributed by atoms with E-state index in [1.807, 2.05) is 0 Å². The van der Waals surface area contributed by atoms with E-state index >= 15 is 0 Å². The summed E-state index contributed by atoms with van der Waals surface area (Å²) in [6, 6.07) is 0.244. The number of nitrogens with two attached hydrogens (primary N) is 1. The van der Waals surface area contributed by atoms with Gasteiger partial charge in [-0.05, 0) is 84.0 Å². The highest BCUT2D eigenvalue weighted by atomic mass is 16.7. The van der Waals surface area contributed by atoms with Crippen LogP contribution in [0.15, 0.2) is 23.0 Å². The number of aromatic hydroxyl groups is 1. The highest BCUT2D eigenvalue weighted by Crippen LogP contribution is 2.54. The number of likely N-dealkylation sites (N-methyl/N-ethyl adjacent to an activating group) is 1. The predicted molar refractivity (Wildman–Crippen MR) is 198 cm³/mol. The largest absolute Gasteiger partial charge is 0.508 e. The Labute approximate surface area is 318 Å². The maximum Gasteiger partial charge on any atom is 0.413 e. The second-order valence-corrected chi connectivity index (χ2v) is 16.2. The average Bonchev–Trinajstić information content (AvgIpc) is 3.58. The lowest BCUT2D eigenvalue weighted by molar-refractivity contribution is -0.155. The van der Waals surface area contributed by atoms with Gasteiger partial charge in [0.05, 0.1) is 17.3 Å². The van der Waals surface area contributed by atoms with Gasteiger partial charge in [-0.25, -0.2) is 4.79 Å². The number of phenolic OH excluding ortho intramolecular Hbond substituents is 1. The number of nitrogens with one attached hydrogen (secondary N) is 1. The van der Waals surface area contributed by atoms with Gasteiger partial charge >= 0.3 is 12.1 Å². The van der Waals surface area contributed by atoms with Gasteiger partial charge in [-0.3, -0.25) is 33.8 Å². The molecule has 0 saturated heterocycles. The molecule has 0 bridgehead atoms. The Morgan fingerprint density at radius 3 is 2.22 bits per heavy atom. The molecule has 17 heteroatoms. The number of aliphatic hydroxyl groups is 3. The van der Waals surface area contributed by atoms with Gasteiger partial charge in [-0.2, -0.15) is 0 Å². The Morgan fingerprint density at radius 1 is 1.02 bits per heavy atom. The molecule has 0 spiro atoms. The van der Waals surface area contributed by atoms with Crippen LogP contribution in [-0.2, 0) is 39.9 Å². The molecule has 5 rings (SSSR count). The lowest BCUT2D eigenvalue weighted by Crippen LogP contribution is -2.65. The Bertz CT molecular complexity index is 1870. The highest BCUT2D eigenvalue weighted by Gasteiger charge is 2.64. The number of aliphatic hydroxyl groups excluding tert-OH is 2. The fourth-order valence-electron chi connectivity index (χ4n) is 8.43. The number of esters is 1. The molecule has 0 aliphatic heterocycles. The van der Waals surface area contributed by atoms with Crippen molar-refractivity contribution in [2.75, 3.05) is 51.7 Å². The van der Waals surface area contributed by atoms with Crippen molar-refractivity contribution in [1.29, 1.82) is 0 Å². The van der Waals surface area contributed by atoms with Crippen molar-refractivity contribution in [3.8, 4) is 5.75 Å². The number of anilines is 2. The summed E-state index contributed by atoms with van der Waals surface area (Å²) in [6.45, 7) is 3.79. The van der Waals surface area contributed by atoms with Crippen molar-refractivity contribution in [3.63, 3.8) is 0 Å². The Hall–Kier alpha value is -5.16.